The zero-order valence-electron chi connectivity index (χ0n) is 15.7. The summed E-state index contributed by atoms with van der Waals surface area (Å²) in [5.41, 5.74) is 1.73. The topological polar surface area (TPSA) is 70.7 Å². The SMILES string of the molecule is COc1ccc(C(=O)NC(=S)Nc2cccc(C(=O)N3CCCCC3)c2)cc1. The predicted octanol–water partition coefficient (Wildman–Crippen LogP) is 3.45. The van der Waals surface area contributed by atoms with Crippen LogP contribution in [0, 0.1) is 0 Å². The number of amides is 2. The van der Waals surface area contributed by atoms with Gasteiger partial charge in [-0.25, -0.2) is 0 Å². The summed E-state index contributed by atoms with van der Waals surface area (Å²) in [4.78, 5) is 26.8. The Balaban J connectivity index is 1.60. The molecule has 0 saturated carbocycles. The third-order valence-electron chi connectivity index (χ3n) is 4.59. The Kier molecular flexibility index (Phi) is 6.60. The van der Waals surface area contributed by atoms with Crippen LogP contribution in [-0.4, -0.2) is 42.0 Å². The van der Waals surface area contributed by atoms with Crippen LogP contribution in [0.3, 0.4) is 0 Å². The maximum absolute atomic E-state index is 12.6. The zero-order chi connectivity index (χ0) is 19.9. The van der Waals surface area contributed by atoms with E-state index in [9.17, 15) is 9.59 Å². The molecule has 2 N–H and O–H groups in total. The maximum Gasteiger partial charge on any atom is 0.257 e. The van der Waals surface area contributed by atoms with Crippen LogP contribution < -0.4 is 15.4 Å². The summed E-state index contributed by atoms with van der Waals surface area (Å²) in [7, 11) is 1.57. The van der Waals surface area contributed by atoms with Gasteiger partial charge in [-0.3, -0.25) is 14.9 Å². The van der Waals surface area contributed by atoms with Crippen LogP contribution in [0.2, 0.25) is 0 Å². The van der Waals surface area contributed by atoms with Crippen LogP contribution >= 0.6 is 12.2 Å². The highest BCUT2D eigenvalue weighted by Gasteiger charge is 2.18. The van der Waals surface area contributed by atoms with Gasteiger partial charge in [0.15, 0.2) is 5.11 Å². The normalized spacial score (nSPS) is 13.5. The van der Waals surface area contributed by atoms with E-state index in [4.69, 9.17) is 17.0 Å². The van der Waals surface area contributed by atoms with Crippen molar-refractivity contribution in [2.45, 2.75) is 19.3 Å². The molecule has 0 spiro atoms. The van der Waals surface area contributed by atoms with Crippen molar-refractivity contribution in [2.75, 3.05) is 25.5 Å². The number of carbonyl (C=O) groups excluding carboxylic acids is 2. The predicted molar refractivity (Wildman–Crippen MR) is 113 cm³/mol. The maximum atomic E-state index is 12.6. The molecule has 28 heavy (non-hydrogen) atoms. The lowest BCUT2D eigenvalue weighted by Gasteiger charge is -2.26. The van der Waals surface area contributed by atoms with E-state index < -0.39 is 0 Å². The minimum absolute atomic E-state index is 0.0246. The first-order chi connectivity index (χ1) is 13.6. The van der Waals surface area contributed by atoms with Gasteiger partial charge >= 0.3 is 0 Å². The standard InChI is InChI=1S/C21H23N3O3S/c1-27-18-10-8-15(9-11-18)19(25)23-21(28)22-17-7-5-6-16(14-17)20(26)24-12-3-2-4-13-24/h5-11,14H,2-4,12-13H2,1H3,(H2,22,23,25,28). The van der Waals surface area contributed by atoms with Gasteiger partial charge in [0.2, 0.25) is 0 Å². The van der Waals surface area contributed by atoms with E-state index in [0.717, 1.165) is 25.9 Å². The van der Waals surface area contributed by atoms with Gasteiger partial charge in [-0.2, -0.15) is 0 Å². The number of methoxy groups -OCH3 is 1. The summed E-state index contributed by atoms with van der Waals surface area (Å²) in [5, 5.41) is 5.78. The number of anilines is 1. The van der Waals surface area contributed by atoms with Gasteiger partial charge in [0.25, 0.3) is 11.8 Å². The Bertz CT molecular complexity index is 861. The van der Waals surface area contributed by atoms with Crippen LogP contribution in [0.5, 0.6) is 5.75 Å². The molecule has 0 unspecified atom stereocenters. The lowest BCUT2D eigenvalue weighted by Crippen LogP contribution is -2.36. The first-order valence-electron chi connectivity index (χ1n) is 9.22. The van der Waals surface area contributed by atoms with Crippen LogP contribution in [0.15, 0.2) is 48.5 Å². The smallest absolute Gasteiger partial charge is 0.257 e. The number of thiocarbonyl (C=S) groups is 1. The number of benzene rings is 2. The van der Waals surface area contributed by atoms with Gasteiger partial charge in [-0.1, -0.05) is 6.07 Å². The fraction of sp³-hybridized carbons (Fsp3) is 0.286. The highest BCUT2D eigenvalue weighted by molar-refractivity contribution is 7.80. The number of nitrogens with zero attached hydrogens (tertiary/aromatic N) is 1. The van der Waals surface area contributed by atoms with Gasteiger partial charge < -0.3 is 15.0 Å². The van der Waals surface area contributed by atoms with Crippen molar-refractivity contribution in [1.29, 1.82) is 0 Å². The van der Waals surface area contributed by atoms with Crippen molar-refractivity contribution < 1.29 is 14.3 Å². The number of likely N-dealkylation sites (tertiary alicyclic amines) is 1. The first kappa shape index (κ1) is 19.8. The second-order valence-electron chi connectivity index (χ2n) is 6.57. The van der Waals surface area contributed by atoms with E-state index >= 15 is 0 Å². The molecule has 2 amide bonds. The third kappa shape index (κ3) is 5.07. The van der Waals surface area contributed by atoms with Crippen LogP contribution in [0.4, 0.5) is 5.69 Å². The van der Waals surface area contributed by atoms with Crippen LogP contribution in [-0.2, 0) is 0 Å². The molecular formula is C21H23N3O3S. The van der Waals surface area contributed by atoms with Crippen molar-refractivity contribution in [3.63, 3.8) is 0 Å². The number of carbonyl (C=O) groups is 2. The molecule has 2 aromatic rings. The minimum Gasteiger partial charge on any atom is -0.497 e. The molecule has 0 bridgehead atoms. The molecule has 6 nitrogen and oxygen atoms in total. The number of ether oxygens (including phenoxy) is 1. The molecule has 1 heterocycles. The Morgan fingerprint density at radius 2 is 1.71 bits per heavy atom. The molecule has 2 aromatic carbocycles. The van der Waals surface area contributed by atoms with E-state index in [1.807, 2.05) is 4.90 Å². The van der Waals surface area contributed by atoms with Crippen molar-refractivity contribution >= 4 is 34.8 Å². The number of nitrogens with one attached hydrogen (secondary N) is 2. The van der Waals surface area contributed by atoms with Gasteiger partial charge in [-0.15, -0.1) is 0 Å². The molecule has 1 aliphatic heterocycles. The van der Waals surface area contributed by atoms with Crippen molar-refractivity contribution in [1.82, 2.24) is 10.2 Å². The van der Waals surface area contributed by atoms with Gasteiger partial charge in [0.05, 0.1) is 7.11 Å². The lowest BCUT2D eigenvalue weighted by atomic mass is 10.1. The summed E-state index contributed by atoms with van der Waals surface area (Å²) >= 11 is 5.23. The molecular weight excluding hydrogens is 374 g/mol. The molecule has 3 rings (SSSR count). The van der Waals surface area contributed by atoms with Crippen molar-refractivity contribution in [3.8, 4) is 5.75 Å². The average molecular weight is 398 g/mol. The fourth-order valence-electron chi connectivity index (χ4n) is 3.09. The van der Waals surface area contributed by atoms with E-state index in [-0.39, 0.29) is 16.9 Å². The Hall–Kier alpha value is -2.93. The Morgan fingerprint density at radius 3 is 2.39 bits per heavy atom. The summed E-state index contributed by atoms with van der Waals surface area (Å²) in [6.45, 7) is 1.60. The van der Waals surface area contributed by atoms with E-state index in [1.165, 1.54) is 6.42 Å². The molecule has 1 aliphatic rings. The molecule has 1 saturated heterocycles. The second-order valence-corrected chi connectivity index (χ2v) is 6.98. The van der Waals surface area contributed by atoms with E-state index in [1.54, 1.807) is 55.6 Å². The van der Waals surface area contributed by atoms with Crippen molar-refractivity contribution in [3.05, 3.63) is 59.7 Å². The summed E-state index contributed by atoms with van der Waals surface area (Å²) < 4.78 is 5.08. The highest BCUT2D eigenvalue weighted by atomic mass is 32.1. The minimum atomic E-state index is -0.319. The molecule has 7 heteroatoms. The van der Waals surface area contributed by atoms with E-state index in [0.29, 0.717) is 22.6 Å². The summed E-state index contributed by atoms with van der Waals surface area (Å²) in [6, 6.07) is 13.9. The third-order valence-corrected chi connectivity index (χ3v) is 4.79. The fourth-order valence-corrected chi connectivity index (χ4v) is 3.30. The monoisotopic (exact) mass is 397 g/mol. The lowest BCUT2D eigenvalue weighted by molar-refractivity contribution is 0.0724. The molecule has 1 fully saturated rings. The second kappa shape index (κ2) is 9.32. The Labute approximate surface area is 169 Å². The van der Waals surface area contributed by atoms with Crippen LogP contribution in [0.25, 0.3) is 0 Å². The van der Waals surface area contributed by atoms with Crippen molar-refractivity contribution in [2.24, 2.45) is 0 Å². The summed E-state index contributed by atoms with van der Waals surface area (Å²) in [5.74, 6) is 0.379. The molecule has 0 aliphatic carbocycles. The number of hydrogen-bond donors (Lipinski definition) is 2. The van der Waals surface area contributed by atoms with Gasteiger partial charge in [-0.05, 0) is 73.9 Å². The zero-order valence-corrected chi connectivity index (χ0v) is 16.6. The molecule has 0 radical (unpaired) electrons. The largest absolute Gasteiger partial charge is 0.497 e. The number of piperidine rings is 1. The number of rotatable bonds is 4. The molecule has 146 valence electrons. The van der Waals surface area contributed by atoms with Crippen LogP contribution in [0.1, 0.15) is 40.0 Å². The van der Waals surface area contributed by atoms with Gasteiger partial charge in [0, 0.05) is 29.9 Å². The number of hydrogen-bond acceptors (Lipinski definition) is 4. The Morgan fingerprint density at radius 1 is 1.00 bits per heavy atom. The first-order valence-corrected chi connectivity index (χ1v) is 9.63. The highest BCUT2D eigenvalue weighted by Crippen LogP contribution is 2.16. The van der Waals surface area contributed by atoms with Gasteiger partial charge in [0.1, 0.15) is 5.75 Å². The summed E-state index contributed by atoms with van der Waals surface area (Å²) in [6.07, 6.45) is 3.27. The molecule has 0 atom stereocenters. The average Bonchev–Trinajstić information content (AvgIpc) is 2.74. The molecule has 0 aromatic heterocycles. The quantitative estimate of drug-likeness (QED) is 0.774. The van der Waals surface area contributed by atoms with E-state index in [2.05, 4.69) is 10.6 Å².